The first-order valence-corrected chi connectivity index (χ1v) is 8.51. The highest BCUT2D eigenvalue weighted by Crippen LogP contribution is 2.42. The third-order valence-corrected chi connectivity index (χ3v) is 5.86. The van der Waals surface area contributed by atoms with Crippen LogP contribution in [0.25, 0.3) is 0 Å². The molecule has 0 aliphatic heterocycles. The van der Waals surface area contributed by atoms with E-state index >= 15 is 0 Å². The highest BCUT2D eigenvalue weighted by Gasteiger charge is 2.29. The predicted octanol–water partition coefficient (Wildman–Crippen LogP) is 4.89. The molecule has 2 aromatic rings. The fraction of sp³-hybridized carbons (Fsp3) is 0.375. The van der Waals surface area contributed by atoms with Gasteiger partial charge < -0.3 is 5.32 Å². The Morgan fingerprint density at radius 1 is 1.32 bits per heavy atom. The largest absolute Gasteiger partial charge is 0.312 e. The summed E-state index contributed by atoms with van der Waals surface area (Å²) in [5.41, 5.74) is 4.46. The van der Waals surface area contributed by atoms with E-state index in [4.69, 9.17) is 0 Å². The first-order chi connectivity index (χ1) is 9.31. The third-order valence-electron chi connectivity index (χ3n) is 4.11. The van der Waals surface area contributed by atoms with E-state index in [0.717, 1.165) is 0 Å². The summed E-state index contributed by atoms with van der Waals surface area (Å²) in [4.78, 5) is 0. The highest BCUT2D eigenvalue weighted by molar-refractivity contribution is 9.10. The minimum Gasteiger partial charge on any atom is -0.312 e. The molecule has 3 rings (SSSR count). The first kappa shape index (κ1) is 13.3. The number of thiophene rings is 1. The highest BCUT2D eigenvalue weighted by atomic mass is 79.9. The van der Waals surface area contributed by atoms with Crippen LogP contribution in [-0.4, -0.2) is 7.05 Å². The molecule has 0 radical (unpaired) electrons. The van der Waals surface area contributed by atoms with Crippen LogP contribution in [-0.2, 0) is 6.42 Å². The van der Waals surface area contributed by atoms with Crippen LogP contribution in [0.4, 0.5) is 0 Å². The summed E-state index contributed by atoms with van der Waals surface area (Å²) >= 11 is 5.45. The maximum absolute atomic E-state index is 3.68. The van der Waals surface area contributed by atoms with Gasteiger partial charge in [-0.1, -0.05) is 24.3 Å². The predicted molar refractivity (Wildman–Crippen MR) is 85.9 cm³/mol. The number of nitrogens with one attached hydrogen (secondary N) is 1. The lowest BCUT2D eigenvalue weighted by Gasteiger charge is -2.32. The molecule has 1 nitrogen and oxygen atoms in total. The summed E-state index contributed by atoms with van der Waals surface area (Å²) in [6.07, 6.45) is 3.79. The van der Waals surface area contributed by atoms with E-state index in [2.05, 4.69) is 63.3 Å². The summed E-state index contributed by atoms with van der Waals surface area (Å²) in [5.74, 6) is 0.584. The molecule has 0 amide bonds. The quantitative estimate of drug-likeness (QED) is 0.841. The number of likely N-dealkylation sites (N-methyl/N-ethyl adjacent to an activating group) is 1. The Morgan fingerprint density at radius 3 is 2.89 bits per heavy atom. The van der Waals surface area contributed by atoms with E-state index in [1.807, 2.05) is 0 Å². The Kier molecular flexibility index (Phi) is 4.06. The minimum atomic E-state index is 0.405. The Morgan fingerprint density at radius 2 is 2.16 bits per heavy atom. The van der Waals surface area contributed by atoms with E-state index in [1.54, 1.807) is 11.3 Å². The van der Waals surface area contributed by atoms with Gasteiger partial charge in [0.15, 0.2) is 0 Å². The van der Waals surface area contributed by atoms with Crippen LogP contribution in [0.3, 0.4) is 0 Å². The Balaban J connectivity index is 2.00. The second kappa shape index (κ2) is 5.78. The molecule has 19 heavy (non-hydrogen) atoms. The van der Waals surface area contributed by atoms with Gasteiger partial charge in [0.1, 0.15) is 0 Å². The van der Waals surface area contributed by atoms with E-state index in [-0.39, 0.29) is 0 Å². The van der Waals surface area contributed by atoms with Crippen molar-refractivity contribution >= 4 is 27.3 Å². The third kappa shape index (κ3) is 2.51. The van der Waals surface area contributed by atoms with Crippen molar-refractivity contribution in [3.05, 3.63) is 56.2 Å². The Labute approximate surface area is 127 Å². The van der Waals surface area contributed by atoms with Crippen molar-refractivity contribution in [2.24, 2.45) is 0 Å². The van der Waals surface area contributed by atoms with Gasteiger partial charge in [0.25, 0.3) is 0 Å². The standard InChI is InChI=1S/C16H18BrNS/c1-18-16(14-9-19-10-15(14)17)13-8-4-6-11-5-2-3-7-12(11)13/h2-3,5,7,9-10,13,16,18H,4,6,8H2,1H3. The number of aryl methyl sites for hydroxylation is 1. The van der Waals surface area contributed by atoms with Crippen LogP contribution in [0.15, 0.2) is 39.5 Å². The van der Waals surface area contributed by atoms with Crippen molar-refractivity contribution in [3.8, 4) is 0 Å². The van der Waals surface area contributed by atoms with E-state index in [1.165, 1.54) is 40.4 Å². The zero-order valence-electron chi connectivity index (χ0n) is 11.0. The summed E-state index contributed by atoms with van der Waals surface area (Å²) in [6, 6.07) is 9.34. The average molecular weight is 336 g/mol. The molecular weight excluding hydrogens is 318 g/mol. The molecule has 1 N–H and O–H groups in total. The fourth-order valence-electron chi connectivity index (χ4n) is 3.22. The van der Waals surface area contributed by atoms with E-state index in [9.17, 15) is 0 Å². The first-order valence-electron chi connectivity index (χ1n) is 6.78. The molecule has 0 saturated carbocycles. The van der Waals surface area contributed by atoms with Gasteiger partial charge >= 0.3 is 0 Å². The van der Waals surface area contributed by atoms with Crippen LogP contribution in [0.1, 0.15) is 41.5 Å². The van der Waals surface area contributed by atoms with Crippen LogP contribution >= 0.6 is 27.3 Å². The molecule has 2 unspecified atom stereocenters. The normalized spacial score (nSPS) is 20.0. The van der Waals surface area contributed by atoms with Crippen LogP contribution in [0, 0.1) is 0 Å². The van der Waals surface area contributed by atoms with Gasteiger partial charge in [0, 0.05) is 21.8 Å². The molecule has 3 heteroatoms. The van der Waals surface area contributed by atoms with Gasteiger partial charge in [0.05, 0.1) is 0 Å². The van der Waals surface area contributed by atoms with E-state index in [0.29, 0.717) is 12.0 Å². The van der Waals surface area contributed by atoms with Crippen molar-refractivity contribution in [2.75, 3.05) is 7.05 Å². The molecule has 1 heterocycles. The maximum atomic E-state index is 3.68. The molecule has 1 aliphatic carbocycles. The van der Waals surface area contributed by atoms with Crippen LogP contribution in [0.2, 0.25) is 0 Å². The number of benzene rings is 1. The molecule has 1 aliphatic rings. The zero-order valence-corrected chi connectivity index (χ0v) is 13.4. The topological polar surface area (TPSA) is 12.0 Å². The molecule has 1 aromatic heterocycles. The van der Waals surface area contributed by atoms with Crippen molar-refractivity contribution in [1.29, 1.82) is 0 Å². The van der Waals surface area contributed by atoms with Crippen molar-refractivity contribution in [3.63, 3.8) is 0 Å². The number of hydrogen-bond acceptors (Lipinski definition) is 2. The number of rotatable bonds is 3. The maximum Gasteiger partial charge on any atom is 0.0406 e. The number of fused-ring (bicyclic) bond motifs is 1. The van der Waals surface area contributed by atoms with Crippen LogP contribution in [0.5, 0.6) is 0 Å². The average Bonchev–Trinajstić information content (AvgIpc) is 2.86. The Bertz CT molecular complexity index is 563. The second-order valence-corrected chi connectivity index (χ2v) is 6.74. The van der Waals surface area contributed by atoms with Gasteiger partial charge in [-0.05, 0) is 64.3 Å². The molecule has 1 aromatic carbocycles. The van der Waals surface area contributed by atoms with Gasteiger partial charge in [-0.3, -0.25) is 0 Å². The summed E-state index contributed by atoms with van der Waals surface area (Å²) < 4.78 is 1.24. The molecule has 100 valence electrons. The smallest absolute Gasteiger partial charge is 0.0406 e. The molecular formula is C16H18BrNS. The summed E-state index contributed by atoms with van der Waals surface area (Å²) in [6.45, 7) is 0. The Hall–Kier alpha value is -0.640. The molecule has 0 fully saturated rings. The van der Waals surface area contributed by atoms with Gasteiger partial charge in [0.2, 0.25) is 0 Å². The monoisotopic (exact) mass is 335 g/mol. The minimum absolute atomic E-state index is 0.405. The van der Waals surface area contributed by atoms with Crippen molar-refractivity contribution in [2.45, 2.75) is 31.2 Å². The van der Waals surface area contributed by atoms with Gasteiger partial charge in [-0.15, -0.1) is 0 Å². The lowest BCUT2D eigenvalue weighted by Crippen LogP contribution is -2.26. The number of halogens is 1. The lowest BCUT2D eigenvalue weighted by atomic mass is 9.77. The van der Waals surface area contributed by atoms with Crippen molar-refractivity contribution < 1.29 is 0 Å². The second-order valence-electron chi connectivity index (χ2n) is 5.14. The van der Waals surface area contributed by atoms with E-state index < -0.39 is 0 Å². The molecule has 0 saturated heterocycles. The van der Waals surface area contributed by atoms with Crippen molar-refractivity contribution in [1.82, 2.24) is 5.32 Å². The zero-order chi connectivity index (χ0) is 13.2. The van der Waals surface area contributed by atoms with Gasteiger partial charge in [-0.25, -0.2) is 0 Å². The van der Waals surface area contributed by atoms with Gasteiger partial charge in [-0.2, -0.15) is 11.3 Å². The SMILES string of the molecule is CNC(c1cscc1Br)C1CCCc2ccccc21. The summed E-state index contributed by atoms with van der Waals surface area (Å²) in [7, 11) is 2.08. The lowest BCUT2D eigenvalue weighted by molar-refractivity contribution is 0.425. The molecule has 0 spiro atoms. The molecule has 0 bridgehead atoms. The summed E-state index contributed by atoms with van der Waals surface area (Å²) in [5, 5.41) is 7.97. The fourth-order valence-corrected chi connectivity index (χ4v) is 4.80. The number of hydrogen-bond donors (Lipinski definition) is 1. The molecule has 2 atom stereocenters. The van der Waals surface area contributed by atoms with Crippen LogP contribution < -0.4 is 5.32 Å².